The van der Waals surface area contributed by atoms with Crippen molar-refractivity contribution in [3.05, 3.63) is 35.1 Å². The second-order valence-corrected chi connectivity index (χ2v) is 9.54. The average molecular weight is 411 g/mol. The number of benzene rings is 1. The number of rotatable bonds is 2. The van der Waals surface area contributed by atoms with Crippen LogP contribution in [0.3, 0.4) is 0 Å². The van der Waals surface area contributed by atoms with Crippen molar-refractivity contribution in [1.29, 1.82) is 0 Å². The number of piperidine rings is 1. The molecule has 2 heterocycles. The summed E-state index contributed by atoms with van der Waals surface area (Å²) in [5.41, 5.74) is 0.887. The number of likely N-dealkylation sites (tertiary alicyclic amines) is 1. The Hall–Kier alpha value is -2.21. The van der Waals surface area contributed by atoms with Crippen molar-refractivity contribution in [2.24, 2.45) is 5.92 Å². The van der Waals surface area contributed by atoms with Gasteiger partial charge < -0.3 is 24.2 Å². The van der Waals surface area contributed by atoms with Crippen LogP contribution in [0.2, 0.25) is 0 Å². The molecule has 3 aliphatic carbocycles. The Bertz CT molecular complexity index is 936. The van der Waals surface area contributed by atoms with E-state index >= 15 is 0 Å². The number of methoxy groups -OCH3 is 1. The monoisotopic (exact) mass is 411 g/mol. The average Bonchev–Trinajstić information content (AvgIpc) is 3.11. The molecule has 2 aliphatic heterocycles. The number of ether oxygens (including phenoxy) is 3. The first-order chi connectivity index (χ1) is 14.6. The molecule has 6 rings (SSSR count). The van der Waals surface area contributed by atoms with E-state index in [9.17, 15) is 9.90 Å². The van der Waals surface area contributed by atoms with Crippen LogP contribution in [0.4, 0.5) is 4.79 Å². The fourth-order valence-corrected chi connectivity index (χ4v) is 6.92. The van der Waals surface area contributed by atoms with Gasteiger partial charge in [-0.3, -0.25) is 0 Å². The number of aliphatic hydroxyl groups is 1. The molecular weight excluding hydrogens is 382 g/mol. The normalized spacial score (nSPS) is 35.8. The van der Waals surface area contributed by atoms with Crippen LogP contribution in [0.5, 0.6) is 11.5 Å². The molecule has 5 aliphatic rings. The van der Waals surface area contributed by atoms with Gasteiger partial charge in [-0.05, 0) is 68.6 Å². The fraction of sp³-hybridized carbons (Fsp3) is 0.625. The maximum absolute atomic E-state index is 12.9. The summed E-state index contributed by atoms with van der Waals surface area (Å²) in [5.74, 6) is 2.16. The Kier molecular flexibility index (Phi) is 3.95. The predicted octanol–water partition coefficient (Wildman–Crippen LogP) is 3.69. The molecular formula is C24H29NO5. The van der Waals surface area contributed by atoms with E-state index in [1.807, 2.05) is 12.1 Å². The first-order valence-corrected chi connectivity index (χ1v) is 11.3. The molecule has 1 aromatic carbocycles. The molecule has 2 bridgehead atoms. The van der Waals surface area contributed by atoms with Gasteiger partial charge in [0.25, 0.3) is 0 Å². The van der Waals surface area contributed by atoms with E-state index < -0.39 is 17.1 Å². The highest BCUT2D eigenvalue weighted by atomic mass is 16.6. The summed E-state index contributed by atoms with van der Waals surface area (Å²) in [5, 5.41) is 12.1. The third kappa shape index (κ3) is 2.20. The van der Waals surface area contributed by atoms with Gasteiger partial charge in [-0.25, -0.2) is 4.79 Å². The SMILES string of the molecule is COc1ccc2c3c1O[C@H]1C(OC(=O)N4CCCCC4)=CC[C@@]4(O)[C@H](CCC[C@]314)C2. The lowest BCUT2D eigenvalue weighted by molar-refractivity contribution is -0.149. The van der Waals surface area contributed by atoms with Crippen molar-refractivity contribution in [3.63, 3.8) is 0 Å². The van der Waals surface area contributed by atoms with E-state index in [0.29, 0.717) is 17.9 Å². The molecule has 1 N–H and O–H groups in total. The molecule has 0 radical (unpaired) electrons. The molecule has 160 valence electrons. The van der Waals surface area contributed by atoms with E-state index in [1.165, 1.54) is 5.56 Å². The van der Waals surface area contributed by atoms with Crippen molar-refractivity contribution in [2.75, 3.05) is 20.2 Å². The van der Waals surface area contributed by atoms with Gasteiger partial charge >= 0.3 is 6.09 Å². The topological polar surface area (TPSA) is 68.2 Å². The number of carbonyl (C=O) groups excluding carboxylic acids is 1. The van der Waals surface area contributed by atoms with Crippen LogP contribution in [0.1, 0.15) is 56.1 Å². The molecule has 6 heteroatoms. The van der Waals surface area contributed by atoms with Gasteiger partial charge in [-0.1, -0.05) is 12.5 Å². The quantitative estimate of drug-likeness (QED) is 0.804. The van der Waals surface area contributed by atoms with E-state index in [4.69, 9.17) is 14.2 Å². The summed E-state index contributed by atoms with van der Waals surface area (Å²) in [6, 6.07) is 4.09. The van der Waals surface area contributed by atoms with Gasteiger partial charge in [0.1, 0.15) is 5.76 Å². The van der Waals surface area contributed by atoms with Crippen molar-refractivity contribution in [3.8, 4) is 11.5 Å². The molecule has 1 saturated carbocycles. The molecule has 1 amide bonds. The molecule has 0 aromatic heterocycles. The molecule has 6 nitrogen and oxygen atoms in total. The lowest BCUT2D eigenvalue weighted by Gasteiger charge is -2.59. The van der Waals surface area contributed by atoms with Gasteiger partial charge in [0.05, 0.1) is 18.1 Å². The van der Waals surface area contributed by atoms with E-state index in [-0.39, 0.29) is 12.0 Å². The van der Waals surface area contributed by atoms with Gasteiger partial charge in [0.15, 0.2) is 17.6 Å². The van der Waals surface area contributed by atoms with Gasteiger partial charge in [-0.15, -0.1) is 0 Å². The standard InChI is InChI=1S/C24H29NO5/c1-28-17-8-7-15-14-16-6-5-10-23-19(15)20(17)30-21(23)18(9-11-24(16,23)27)29-22(26)25-12-3-2-4-13-25/h7-9,16,21,27H,2-6,10-14H2,1H3/t16-,21+,23+,24-/m1/s1. The van der Waals surface area contributed by atoms with Crippen molar-refractivity contribution >= 4 is 6.09 Å². The minimum absolute atomic E-state index is 0.194. The first-order valence-electron chi connectivity index (χ1n) is 11.3. The van der Waals surface area contributed by atoms with Crippen LogP contribution < -0.4 is 9.47 Å². The van der Waals surface area contributed by atoms with E-state index in [1.54, 1.807) is 12.0 Å². The second-order valence-electron chi connectivity index (χ2n) is 9.54. The Morgan fingerprint density at radius 2 is 2.07 bits per heavy atom. The predicted molar refractivity (Wildman–Crippen MR) is 110 cm³/mol. The highest BCUT2D eigenvalue weighted by Gasteiger charge is 2.71. The fourth-order valence-electron chi connectivity index (χ4n) is 6.92. The first kappa shape index (κ1) is 18.6. The van der Waals surface area contributed by atoms with Crippen molar-refractivity contribution in [2.45, 2.75) is 68.5 Å². The van der Waals surface area contributed by atoms with Crippen LogP contribution in [-0.2, 0) is 16.6 Å². The van der Waals surface area contributed by atoms with Crippen LogP contribution in [-0.4, -0.2) is 48.0 Å². The summed E-state index contributed by atoms with van der Waals surface area (Å²) in [4.78, 5) is 14.7. The number of nitrogens with zero attached hydrogens (tertiary/aromatic N) is 1. The molecule has 1 spiro atoms. The summed E-state index contributed by atoms with van der Waals surface area (Å²) in [6.07, 6.45) is 8.57. The number of carbonyl (C=O) groups is 1. The Labute approximate surface area is 176 Å². The molecule has 30 heavy (non-hydrogen) atoms. The Morgan fingerprint density at radius 3 is 2.87 bits per heavy atom. The van der Waals surface area contributed by atoms with Gasteiger partial charge in [0, 0.05) is 18.7 Å². The zero-order valence-electron chi connectivity index (χ0n) is 17.5. The lowest BCUT2D eigenvalue weighted by atomic mass is 9.47. The number of hydrogen-bond donors (Lipinski definition) is 1. The van der Waals surface area contributed by atoms with E-state index in [0.717, 1.165) is 69.3 Å². The molecule has 4 atom stereocenters. The van der Waals surface area contributed by atoms with Crippen LogP contribution in [0.15, 0.2) is 24.0 Å². The van der Waals surface area contributed by atoms with Crippen molar-refractivity contribution < 1.29 is 24.1 Å². The largest absolute Gasteiger partial charge is 0.493 e. The van der Waals surface area contributed by atoms with Gasteiger partial charge in [-0.2, -0.15) is 0 Å². The zero-order chi connectivity index (χ0) is 20.5. The summed E-state index contributed by atoms with van der Waals surface area (Å²) < 4.78 is 18.1. The second kappa shape index (κ2) is 6.39. The lowest BCUT2D eigenvalue weighted by Crippen LogP contribution is -2.67. The minimum Gasteiger partial charge on any atom is -0.493 e. The summed E-state index contributed by atoms with van der Waals surface area (Å²) in [7, 11) is 1.65. The molecule has 1 saturated heterocycles. The van der Waals surface area contributed by atoms with Crippen molar-refractivity contribution in [1.82, 2.24) is 4.90 Å². The third-order valence-electron chi connectivity index (χ3n) is 8.29. The van der Waals surface area contributed by atoms with Gasteiger partial charge in [0.2, 0.25) is 0 Å². The highest BCUT2D eigenvalue weighted by molar-refractivity contribution is 5.70. The van der Waals surface area contributed by atoms with E-state index in [2.05, 4.69) is 6.07 Å². The smallest absolute Gasteiger partial charge is 0.415 e. The Balaban J connectivity index is 1.44. The highest BCUT2D eigenvalue weighted by Crippen LogP contribution is 2.67. The minimum atomic E-state index is -0.873. The summed E-state index contributed by atoms with van der Waals surface area (Å²) in [6.45, 7) is 1.49. The van der Waals surface area contributed by atoms with Crippen LogP contribution in [0, 0.1) is 5.92 Å². The Morgan fingerprint density at radius 1 is 1.23 bits per heavy atom. The zero-order valence-corrected chi connectivity index (χ0v) is 17.5. The maximum Gasteiger partial charge on any atom is 0.415 e. The maximum atomic E-state index is 12.9. The number of hydrogen-bond acceptors (Lipinski definition) is 5. The summed E-state index contributed by atoms with van der Waals surface area (Å²) >= 11 is 0. The molecule has 2 fully saturated rings. The van der Waals surface area contributed by atoms with Crippen LogP contribution in [0.25, 0.3) is 0 Å². The number of amides is 1. The molecule has 0 unspecified atom stereocenters. The van der Waals surface area contributed by atoms with Crippen LogP contribution >= 0.6 is 0 Å². The third-order valence-corrected chi connectivity index (χ3v) is 8.29. The molecule has 1 aromatic rings.